The van der Waals surface area contributed by atoms with E-state index in [1.807, 2.05) is 30.3 Å². The SMILES string of the molecule is Cc1c(COc2cc(OCc3cncc(C#N)c3)c(CNCc3ncn[nH]3)cc2Cl)cccc1-c1cccc(OCCCN2CC[C@@H](O)C2)c1C. The molecule has 0 aliphatic carbocycles. The number of rotatable bonds is 16. The maximum Gasteiger partial charge on any atom is 0.142 e. The van der Waals surface area contributed by atoms with Gasteiger partial charge in [-0.05, 0) is 72.7 Å². The molecule has 0 saturated carbocycles. The van der Waals surface area contributed by atoms with Crippen molar-refractivity contribution in [3.05, 3.63) is 118 Å². The van der Waals surface area contributed by atoms with Gasteiger partial charge in [0.15, 0.2) is 0 Å². The molecule has 0 amide bonds. The lowest BCUT2D eigenvalue weighted by Crippen LogP contribution is -2.24. The van der Waals surface area contributed by atoms with Gasteiger partial charge in [0.2, 0.25) is 0 Å². The third kappa shape index (κ3) is 9.42. The van der Waals surface area contributed by atoms with Crippen molar-refractivity contribution in [2.45, 2.75) is 59.1 Å². The summed E-state index contributed by atoms with van der Waals surface area (Å²) < 4.78 is 18.8. The van der Waals surface area contributed by atoms with Crippen molar-refractivity contribution < 1.29 is 19.3 Å². The summed E-state index contributed by atoms with van der Waals surface area (Å²) in [6.07, 6.45) is 6.22. The largest absolute Gasteiger partial charge is 0.493 e. The molecule has 12 heteroatoms. The zero-order valence-corrected chi connectivity index (χ0v) is 29.6. The predicted molar refractivity (Wildman–Crippen MR) is 195 cm³/mol. The number of nitrogens with one attached hydrogen (secondary N) is 2. The number of hydrogen-bond acceptors (Lipinski definition) is 10. The fraction of sp³-hybridized carbons (Fsp3) is 0.333. The van der Waals surface area contributed by atoms with E-state index in [1.54, 1.807) is 12.3 Å². The van der Waals surface area contributed by atoms with Crippen LogP contribution in [0.4, 0.5) is 0 Å². The van der Waals surface area contributed by atoms with Gasteiger partial charge in [-0.2, -0.15) is 10.4 Å². The smallest absolute Gasteiger partial charge is 0.142 e. The Bertz CT molecular complexity index is 1960. The summed E-state index contributed by atoms with van der Waals surface area (Å²) in [7, 11) is 0. The Morgan fingerprint density at radius 1 is 0.961 bits per heavy atom. The Morgan fingerprint density at radius 2 is 1.78 bits per heavy atom. The highest BCUT2D eigenvalue weighted by atomic mass is 35.5. The van der Waals surface area contributed by atoms with Crippen LogP contribution in [-0.4, -0.2) is 62.5 Å². The van der Waals surface area contributed by atoms with Crippen LogP contribution in [0.2, 0.25) is 5.02 Å². The molecule has 11 nitrogen and oxygen atoms in total. The number of pyridine rings is 1. The van der Waals surface area contributed by atoms with Crippen LogP contribution in [0.25, 0.3) is 11.1 Å². The second-order valence-corrected chi connectivity index (χ2v) is 13.1. The van der Waals surface area contributed by atoms with Crippen molar-refractivity contribution in [2.75, 3.05) is 26.2 Å². The van der Waals surface area contributed by atoms with Crippen LogP contribution in [0.1, 0.15) is 52.0 Å². The lowest BCUT2D eigenvalue weighted by molar-refractivity contribution is 0.173. The van der Waals surface area contributed by atoms with E-state index in [-0.39, 0.29) is 12.7 Å². The van der Waals surface area contributed by atoms with E-state index in [0.717, 1.165) is 77.2 Å². The summed E-state index contributed by atoms with van der Waals surface area (Å²) >= 11 is 6.79. The van der Waals surface area contributed by atoms with Crippen LogP contribution in [0, 0.1) is 25.2 Å². The van der Waals surface area contributed by atoms with Crippen LogP contribution >= 0.6 is 11.6 Å². The van der Waals surface area contributed by atoms with Crippen molar-refractivity contribution in [3.8, 4) is 34.4 Å². The molecule has 3 N–H and O–H groups in total. The van der Waals surface area contributed by atoms with Crippen LogP contribution in [0.3, 0.4) is 0 Å². The molecule has 0 unspecified atom stereocenters. The van der Waals surface area contributed by atoms with Crippen LogP contribution < -0.4 is 19.5 Å². The topological polar surface area (TPSA) is 141 Å². The molecule has 1 fully saturated rings. The fourth-order valence-electron chi connectivity index (χ4n) is 6.21. The highest BCUT2D eigenvalue weighted by molar-refractivity contribution is 6.32. The molecule has 1 saturated heterocycles. The van der Waals surface area contributed by atoms with Crippen molar-refractivity contribution in [2.24, 2.45) is 0 Å². The molecule has 2 aromatic heterocycles. The third-order valence-electron chi connectivity index (χ3n) is 9.03. The summed E-state index contributed by atoms with van der Waals surface area (Å²) in [6.45, 7) is 8.90. The van der Waals surface area contributed by atoms with Gasteiger partial charge in [-0.1, -0.05) is 41.9 Å². The minimum absolute atomic E-state index is 0.203. The van der Waals surface area contributed by atoms with Crippen molar-refractivity contribution >= 4 is 11.6 Å². The second-order valence-electron chi connectivity index (χ2n) is 12.7. The van der Waals surface area contributed by atoms with E-state index in [4.69, 9.17) is 25.8 Å². The Balaban J connectivity index is 1.15. The van der Waals surface area contributed by atoms with E-state index in [2.05, 4.69) is 68.5 Å². The van der Waals surface area contributed by atoms with Gasteiger partial charge in [0.1, 0.15) is 48.7 Å². The first kappa shape index (κ1) is 35.8. The first-order valence-electron chi connectivity index (χ1n) is 17.1. The molecule has 1 aliphatic rings. The fourth-order valence-corrected chi connectivity index (χ4v) is 6.46. The van der Waals surface area contributed by atoms with E-state index in [9.17, 15) is 10.4 Å². The average molecular weight is 708 g/mol. The first-order valence-corrected chi connectivity index (χ1v) is 17.4. The number of ether oxygens (including phenoxy) is 3. The Labute approximate surface area is 303 Å². The number of likely N-dealkylation sites (tertiary alicyclic amines) is 1. The summed E-state index contributed by atoms with van der Waals surface area (Å²) in [5, 5.41) is 29.6. The summed E-state index contributed by atoms with van der Waals surface area (Å²) in [5.74, 6) is 2.68. The van der Waals surface area contributed by atoms with Gasteiger partial charge in [0.25, 0.3) is 0 Å². The maximum absolute atomic E-state index is 9.79. The lowest BCUT2D eigenvalue weighted by atomic mass is 9.93. The molecular formula is C39H42ClN7O4. The molecule has 5 aromatic rings. The highest BCUT2D eigenvalue weighted by Gasteiger charge is 2.20. The Morgan fingerprint density at radius 3 is 2.57 bits per heavy atom. The minimum Gasteiger partial charge on any atom is -0.493 e. The molecule has 264 valence electrons. The molecule has 51 heavy (non-hydrogen) atoms. The normalized spacial score (nSPS) is 14.4. The number of aliphatic hydroxyl groups excluding tert-OH is 1. The Hall–Kier alpha value is -4.99. The number of aromatic amines is 1. The molecular weight excluding hydrogens is 666 g/mol. The van der Waals surface area contributed by atoms with E-state index >= 15 is 0 Å². The van der Waals surface area contributed by atoms with E-state index in [0.29, 0.717) is 54.2 Å². The van der Waals surface area contributed by atoms with Gasteiger partial charge in [-0.25, -0.2) is 4.98 Å². The summed E-state index contributed by atoms with van der Waals surface area (Å²) in [4.78, 5) is 10.6. The zero-order valence-electron chi connectivity index (χ0n) is 28.9. The summed E-state index contributed by atoms with van der Waals surface area (Å²) in [6, 6.07) is 19.9. The zero-order chi connectivity index (χ0) is 35.6. The highest BCUT2D eigenvalue weighted by Crippen LogP contribution is 2.36. The standard InChI is InChI=1S/C39H42ClN7O4/c1-26-30(6-3-7-33(26)34-8-4-9-36(27(34)2)49-13-5-11-47-12-10-32(48)22-47)24-51-38-16-37(50-23-29-14-28(17-41)18-42-19-29)31(15-35(38)40)20-43-21-39-44-25-45-46-39/h3-4,6-9,14-16,18-19,25,32,43,48H,5,10-13,20-24H2,1-2H3,(H,44,45,46)/t32-/m1/s1. The Kier molecular flexibility index (Phi) is 12.1. The number of aromatic nitrogens is 4. The second kappa shape index (κ2) is 17.3. The third-order valence-corrected chi connectivity index (χ3v) is 9.33. The lowest BCUT2D eigenvalue weighted by Gasteiger charge is -2.19. The summed E-state index contributed by atoms with van der Waals surface area (Å²) in [5.41, 5.74) is 7.52. The molecule has 0 radical (unpaired) electrons. The van der Waals surface area contributed by atoms with Gasteiger partial charge in [0.05, 0.1) is 29.8 Å². The number of β-amino-alcohol motifs (C(OH)–C–C–N with tert-alkyl or cyclic N) is 1. The maximum atomic E-state index is 9.79. The molecule has 3 heterocycles. The molecule has 0 bridgehead atoms. The van der Waals surface area contributed by atoms with Gasteiger partial charge in [-0.15, -0.1) is 0 Å². The van der Waals surface area contributed by atoms with Gasteiger partial charge in [0, 0.05) is 55.8 Å². The van der Waals surface area contributed by atoms with Crippen LogP contribution in [-0.2, 0) is 26.3 Å². The molecule has 3 aromatic carbocycles. The van der Waals surface area contributed by atoms with Gasteiger partial charge in [-0.3, -0.25) is 10.1 Å². The van der Waals surface area contributed by atoms with Crippen LogP contribution in [0.15, 0.2) is 73.3 Å². The number of nitrogens with zero attached hydrogens (tertiary/aromatic N) is 5. The number of aliphatic hydroxyl groups is 1. The molecule has 1 atom stereocenters. The average Bonchev–Trinajstić information content (AvgIpc) is 3.82. The van der Waals surface area contributed by atoms with Crippen molar-refractivity contribution in [1.82, 2.24) is 30.4 Å². The minimum atomic E-state index is -0.203. The number of hydrogen-bond donors (Lipinski definition) is 3. The van der Waals surface area contributed by atoms with Crippen molar-refractivity contribution in [1.29, 1.82) is 5.26 Å². The van der Waals surface area contributed by atoms with Gasteiger partial charge < -0.3 is 29.5 Å². The number of benzene rings is 3. The molecule has 1 aliphatic heterocycles. The van der Waals surface area contributed by atoms with E-state index < -0.39 is 0 Å². The van der Waals surface area contributed by atoms with Crippen LogP contribution in [0.5, 0.6) is 17.2 Å². The number of H-pyrrole nitrogens is 1. The number of halogens is 1. The predicted octanol–water partition coefficient (Wildman–Crippen LogP) is 6.29. The molecule has 6 rings (SSSR count). The van der Waals surface area contributed by atoms with Gasteiger partial charge >= 0.3 is 0 Å². The monoisotopic (exact) mass is 707 g/mol. The molecule has 0 spiro atoms. The van der Waals surface area contributed by atoms with E-state index in [1.165, 1.54) is 12.5 Å². The van der Waals surface area contributed by atoms with Crippen molar-refractivity contribution in [3.63, 3.8) is 0 Å². The quantitative estimate of drug-likeness (QED) is 0.100. The first-order chi connectivity index (χ1) is 24.9. The number of nitriles is 1.